The minimum absolute atomic E-state index is 0.217. The predicted molar refractivity (Wildman–Crippen MR) is 70.0 cm³/mol. The number of benzene rings is 1. The maximum atomic E-state index is 13.8. The third kappa shape index (κ3) is 3.08. The van der Waals surface area contributed by atoms with E-state index in [1.165, 1.54) is 13.2 Å². The number of ether oxygens (including phenoxy) is 1. The van der Waals surface area contributed by atoms with E-state index in [1.54, 1.807) is 12.1 Å². The number of carboxylic acids is 1. The van der Waals surface area contributed by atoms with Crippen molar-refractivity contribution in [2.45, 2.75) is 19.1 Å². The Morgan fingerprint density at radius 2 is 2.30 bits per heavy atom. The van der Waals surface area contributed by atoms with E-state index in [1.807, 2.05) is 4.90 Å². The van der Waals surface area contributed by atoms with Gasteiger partial charge in [0.25, 0.3) is 0 Å². The zero-order chi connectivity index (χ0) is 14.7. The van der Waals surface area contributed by atoms with Crippen molar-refractivity contribution in [2.75, 3.05) is 20.2 Å². The smallest absolute Gasteiger partial charge is 0.309 e. The molecular weight excluding hydrogens is 265 g/mol. The number of hydrogen-bond donors (Lipinski definition) is 2. The predicted octanol–water partition coefficient (Wildman–Crippen LogP) is 1.10. The van der Waals surface area contributed by atoms with E-state index in [0.717, 1.165) is 0 Å². The molecule has 1 aliphatic heterocycles. The number of aliphatic carboxylic acids is 1. The highest BCUT2D eigenvalue weighted by Crippen LogP contribution is 2.25. The van der Waals surface area contributed by atoms with Crippen molar-refractivity contribution in [1.29, 1.82) is 0 Å². The van der Waals surface area contributed by atoms with Gasteiger partial charge < -0.3 is 14.9 Å². The number of piperidine rings is 1. The first-order valence-corrected chi connectivity index (χ1v) is 6.47. The van der Waals surface area contributed by atoms with E-state index in [9.17, 15) is 14.3 Å². The van der Waals surface area contributed by atoms with Gasteiger partial charge in [-0.25, -0.2) is 4.39 Å². The molecule has 2 N–H and O–H groups in total. The van der Waals surface area contributed by atoms with Gasteiger partial charge in [-0.15, -0.1) is 0 Å². The Bertz CT molecular complexity index is 494. The van der Waals surface area contributed by atoms with Crippen LogP contribution in [0, 0.1) is 11.7 Å². The quantitative estimate of drug-likeness (QED) is 0.866. The second-order valence-electron chi connectivity index (χ2n) is 4.96. The summed E-state index contributed by atoms with van der Waals surface area (Å²) in [5, 5.41) is 18.8. The molecule has 2 rings (SSSR count). The van der Waals surface area contributed by atoms with Crippen LogP contribution in [0.4, 0.5) is 4.39 Å². The fourth-order valence-corrected chi connectivity index (χ4v) is 2.54. The second-order valence-corrected chi connectivity index (χ2v) is 4.96. The summed E-state index contributed by atoms with van der Waals surface area (Å²) in [5.41, 5.74) is 0.427. The number of hydrogen-bond acceptors (Lipinski definition) is 4. The minimum atomic E-state index is -0.986. The van der Waals surface area contributed by atoms with Crippen LogP contribution in [0.15, 0.2) is 18.2 Å². The molecule has 1 fully saturated rings. The Hall–Kier alpha value is -1.66. The minimum Gasteiger partial charge on any atom is -0.496 e. The molecule has 6 heteroatoms. The van der Waals surface area contributed by atoms with Crippen LogP contribution in [0.2, 0.25) is 0 Å². The van der Waals surface area contributed by atoms with Gasteiger partial charge in [-0.2, -0.15) is 0 Å². The molecule has 5 nitrogen and oxygen atoms in total. The summed E-state index contributed by atoms with van der Waals surface area (Å²) in [6.07, 6.45) is -0.577. The maximum Gasteiger partial charge on any atom is 0.309 e. The number of rotatable bonds is 4. The summed E-state index contributed by atoms with van der Waals surface area (Å²) in [5.74, 6) is -1.63. The number of carbonyl (C=O) groups is 1. The number of nitrogens with zero attached hydrogens (tertiary/aromatic N) is 1. The first-order chi connectivity index (χ1) is 9.52. The zero-order valence-corrected chi connectivity index (χ0v) is 11.3. The van der Waals surface area contributed by atoms with Gasteiger partial charge in [0.15, 0.2) is 0 Å². The molecule has 1 aromatic rings. The van der Waals surface area contributed by atoms with Crippen molar-refractivity contribution >= 4 is 5.97 Å². The fraction of sp³-hybridized carbons (Fsp3) is 0.500. The van der Waals surface area contributed by atoms with E-state index in [4.69, 9.17) is 9.84 Å². The largest absolute Gasteiger partial charge is 0.496 e. The first-order valence-electron chi connectivity index (χ1n) is 6.47. The monoisotopic (exact) mass is 283 g/mol. The molecule has 2 atom stereocenters. The van der Waals surface area contributed by atoms with Gasteiger partial charge in [-0.05, 0) is 25.1 Å². The van der Waals surface area contributed by atoms with Crippen LogP contribution < -0.4 is 4.74 Å². The van der Waals surface area contributed by atoms with E-state index < -0.39 is 18.0 Å². The summed E-state index contributed by atoms with van der Waals surface area (Å²) in [4.78, 5) is 12.8. The summed E-state index contributed by atoms with van der Waals surface area (Å²) < 4.78 is 19.0. The van der Waals surface area contributed by atoms with Crippen molar-refractivity contribution in [3.8, 4) is 5.75 Å². The molecule has 1 aliphatic rings. The average Bonchev–Trinajstić information content (AvgIpc) is 2.40. The molecule has 0 spiro atoms. The molecular formula is C14H18FNO4. The Balaban J connectivity index is 2.07. The molecule has 0 saturated carbocycles. The van der Waals surface area contributed by atoms with Crippen molar-refractivity contribution in [1.82, 2.24) is 4.90 Å². The molecule has 1 saturated heterocycles. The highest BCUT2D eigenvalue weighted by atomic mass is 19.1. The lowest BCUT2D eigenvalue weighted by Gasteiger charge is -2.34. The molecule has 0 radical (unpaired) electrons. The van der Waals surface area contributed by atoms with Crippen LogP contribution >= 0.6 is 0 Å². The summed E-state index contributed by atoms with van der Waals surface area (Å²) in [7, 11) is 1.48. The molecule has 20 heavy (non-hydrogen) atoms. The van der Waals surface area contributed by atoms with Crippen molar-refractivity contribution in [3.05, 3.63) is 29.6 Å². The van der Waals surface area contributed by atoms with Gasteiger partial charge in [-0.1, -0.05) is 6.07 Å². The Kier molecular flexibility index (Phi) is 4.57. The summed E-state index contributed by atoms with van der Waals surface area (Å²) >= 11 is 0. The molecule has 0 unspecified atom stereocenters. The fourth-order valence-electron chi connectivity index (χ4n) is 2.54. The Labute approximate surface area is 116 Å². The Morgan fingerprint density at radius 1 is 1.55 bits per heavy atom. The molecule has 110 valence electrons. The molecule has 1 aromatic carbocycles. The molecule has 0 aliphatic carbocycles. The van der Waals surface area contributed by atoms with Crippen LogP contribution in [0.1, 0.15) is 12.0 Å². The van der Waals surface area contributed by atoms with Gasteiger partial charge in [0.2, 0.25) is 0 Å². The van der Waals surface area contributed by atoms with E-state index in [-0.39, 0.29) is 12.4 Å². The van der Waals surface area contributed by atoms with Crippen molar-refractivity contribution in [3.63, 3.8) is 0 Å². The molecule has 0 aromatic heterocycles. The zero-order valence-electron chi connectivity index (χ0n) is 11.3. The topological polar surface area (TPSA) is 70.0 Å². The van der Waals surface area contributed by atoms with Gasteiger partial charge in [-0.3, -0.25) is 9.69 Å². The van der Waals surface area contributed by atoms with Crippen molar-refractivity contribution in [2.24, 2.45) is 5.92 Å². The maximum absolute atomic E-state index is 13.8. The van der Waals surface area contributed by atoms with Gasteiger partial charge in [0.05, 0.1) is 19.1 Å². The molecule has 1 heterocycles. The number of aliphatic hydroxyl groups excluding tert-OH is 1. The van der Waals surface area contributed by atoms with Crippen LogP contribution in [0.5, 0.6) is 5.75 Å². The van der Waals surface area contributed by atoms with Crippen molar-refractivity contribution < 1.29 is 24.1 Å². The lowest BCUT2D eigenvalue weighted by Crippen LogP contribution is -2.46. The normalized spacial score (nSPS) is 23.6. The summed E-state index contributed by atoms with van der Waals surface area (Å²) in [6, 6.07) is 4.61. The van der Waals surface area contributed by atoms with E-state index >= 15 is 0 Å². The number of likely N-dealkylation sites (tertiary alicyclic amines) is 1. The average molecular weight is 283 g/mol. The van der Waals surface area contributed by atoms with Gasteiger partial charge in [0, 0.05) is 18.7 Å². The van der Waals surface area contributed by atoms with E-state index in [0.29, 0.717) is 30.8 Å². The number of carboxylic acid groups (broad SMARTS) is 1. The lowest BCUT2D eigenvalue weighted by molar-refractivity contribution is -0.148. The third-order valence-corrected chi connectivity index (χ3v) is 3.66. The number of halogens is 1. The molecule has 0 bridgehead atoms. The Morgan fingerprint density at radius 3 is 2.90 bits per heavy atom. The van der Waals surface area contributed by atoms with Crippen LogP contribution in [-0.4, -0.2) is 47.4 Å². The highest BCUT2D eigenvalue weighted by Gasteiger charge is 2.33. The van der Waals surface area contributed by atoms with Gasteiger partial charge in [0.1, 0.15) is 11.6 Å². The SMILES string of the molecule is COc1cccc(F)c1CN1CC[C@H](C(=O)O)[C@H](O)C1. The second kappa shape index (κ2) is 6.19. The van der Waals surface area contributed by atoms with Gasteiger partial charge >= 0.3 is 5.97 Å². The lowest BCUT2D eigenvalue weighted by atomic mass is 9.93. The standard InChI is InChI=1S/C14H18FNO4/c1-20-13-4-2-3-11(15)10(13)7-16-6-5-9(14(18)19)12(17)8-16/h2-4,9,12,17H,5-8H2,1H3,(H,18,19)/t9-,12+/m0/s1. The summed E-state index contributed by atoms with van der Waals surface area (Å²) in [6.45, 7) is 1.01. The van der Waals surface area contributed by atoms with Crippen LogP contribution in [0.25, 0.3) is 0 Å². The third-order valence-electron chi connectivity index (χ3n) is 3.66. The van der Waals surface area contributed by atoms with Crippen LogP contribution in [0.3, 0.4) is 0 Å². The molecule has 0 amide bonds. The van der Waals surface area contributed by atoms with E-state index in [2.05, 4.69) is 0 Å². The number of aliphatic hydroxyl groups is 1. The van der Waals surface area contributed by atoms with Crippen LogP contribution in [-0.2, 0) is 11.3 Å². The number of β-amino-alcohol motifs (C(OH)–C–C–N with tert-alkyl or cyclic N) is 1. The number of methoxy groups -OCH3 is 1. The highest BCUT2D eigenvalue weighted by molar-refractivity contribution is 5.70. The first kappa shape index (κ1) is 14.7.